The molecule has 1 saturated heterocycles. The zero-order chi connectivity index (χ0) is 35.4. The second-order valence-corrected chi connectivity index (χ2v) is 12.6. The Kier molecular flexibility index (Phi) is 14.8. The Morgan fingerprint density at radius 1 is 1.02 bits per heavy atom. The van der Waals surface area contributed by atoms with Gasteiger partial charge in [-0.05, 0) is 49.1 Å². The predicted molar refractivity (Wildman–Crippen MR) is 170 cm³/mol. The van der Waals surface area contributed by atoms with Crippen LogP contribution in [-0.2, 0) is 36.8 Å². The zero-order valence-electron chi connectivity index (χ0n) is 27.2. The molecule has 264 valence electrons. The third kappa shape index (κ3) is 11.3. The number of hydrogen-bond donors (Lipinski definition) is 2. The van der Waals surface area contributed by atoms with Crippen LogP contribution in [0.5, 0.6) is 5.75 Å². The maximum atomic E-state index is 14.5. The van der Waals surface area contributed by atoms with Gasteiger partial charge in [-0.2, -0.15) is 0 Å². The molecule has 0 aromatic heterocycles. The minimum atomic E-state index is -1.92. The number of alkyl halides is 1. The van der Waals surface area contributed by atoms with E-state index in [9.17, 15) is 36.7 Å². The van der Waals surface area contributed by atoms with Gasteiger partial charge in [0.1, 0.15) is 11.6 Å². The van der Waals surface area contributed by atoms with Crippen LogP contribution in [0.2, 0.25) is 0 Å². The zero-order valence-corrected chi connectivity index (χ0v) is 28.0. The number of rotatable bonds is 16. The molecule has 1 fully saturated rings. The van der Waals surface area contributed by atoms with Crippen LogP contribution in [0.25, 0.3) is 0 Å². The lowest BCUT2D eigenvalue weighted by Gasteiger charge is -2.26. The number of carbonyl (C=O) groups excluding carboxylic acids is 4. The smallest absolute Gasteiger partial charge is 0.409 e. The highest BCUT2D eigenvalue weighted by Gasteiger charge is 2.36. The Labute approximate surface area is 281 Å². The molecule has 15 heteroatoms. The maximum Gasteiger partial charge on any atom is 0.409 e. The van der Waals surface area contributed by atoms with Crippen LogP contribution in [-0.4, -0.2) is 71.6 Å². The lowest BCUT2D eigenvalue weighted by atomic mass is 10.0. The second kappa shape index (κ2) is 18.5. The Balaban J connectivity index is 1.64. The molecular weight excluding hydrogens is 658 g/mol. The van der Waals surface area contributed by atoms with E-state index in [1.54, 1.807) is 38.1 Å². The third-order valence-electron chi connectivity index (χ3n) is 7.26. The number of nitrogens with zero attached hydrogens (tertiary/aromatic N) is 1. The van der Waals surface area contributed by atoms with Gasteiger partial charge in [-0.1, -0.05) is 32.9 Å². The Bertz CT molecular complexity index is 1420. The van der Waals surface area contributed by atoms with Crippen molar-refractivity contribution < 1.29 is 51.0 Å². The number of thioether (sulfide) groups is 1. The first kappa shape index (κ1) is 38.4. The van der Waals surface area contributed by atoms with E-state index in [0.29, 0.717) is 30.1 Å². The fourth-order valence-corrected chi connectivity index (χ4v) is 5.99. The summed E-state index contributed by atoms with van der Waals surface area (Å²) in [4.78, 5) is 52.4. The van der Waals surface area contributed by atoms with E-state index in [1.165, 1.54) is 16.7 Å². The Morgan fingerprint density at radius 3 is 2.35 bits per heavy atom. The predicted octanol–water partition coefficient (Wildman–Crippen LogP) is 5.41. The molecule has 48 heavy (non-hydrogen) atoms. The van der Waals surface area contributed by atoms with E-state index in [-0.39, 0.29) is 37.6 Å². The molecule has 2 aromatic carbocycles. The van der Waals surface area contributed by atoms with Gasteiger partial charge in [0.2, 0.25) is 12.3 Å². The van der Waals surface area contributed by atoms with E-state index < -0.39 is 78.0 Å². The second-order valence-electron chi connectivity index (χ2n) is 11.4. The molecule has 0 saturated carbocycles. The molecule has 10 nitrogen and oxygen atoms in total. The van der Waals surface area contributed by atoms with Crippen LogP contribution in [0.4, 0.5) is 22.4 Å². The summed E-state index contributed by atoms with van der Waals surface area (Å²) in [5.41, 5.74) is 0.402. The van der Waals surface area contributed by atoms with Crippen LogP contribution in [0, 0.1) is 23.4 Å². The summed E-state index contributed by atoms with van der Waals surface area (Å²) in [6.45, 7) is 7.63. The highest BCUT2D eigenvalue weighted by molar-refractivity contribution is 8.00. The van der Waals surface area contributed by atoms with Gasteiger partial charge in [-0.3, -0.25) is 9.59 Å². The molecule has 3 amide bonds. The molecule has 1 heterocycles. The van der Waals surface area contributed by atoms with Crippen LogP contribution in [0.15, 0.2) is 36.4 Å². The minimum Gasteiger partial charge on any atom is -0.478 e. The van der Waals surface area contributed by atoms with Gasteiger partial charge in [0, 0.05) is 49.7 Å². The number of benzene rings is 2. The van der Waals surface area contributed by atoms with Crippen molar-refractivity contribution in [3.63, 3.8) is 0 Å². The summed E-state index contributed by atoms with van der Waals surface area (Å²) in [5, 5.41) is 4.20. The summed E-state index contributed by atoms with van der Waals surface area (Å²) >= 11 is 1.22. The first-order valence-electron chi connectivity index (χ1n) is 15.7. The molecule has 0 radical (unpaired) electrons. The van der Waals surface area contributed by atoms with Crippen molar-refractivity contribution in [3.8, 4) is 5.75 Å². The Morgan fingerprint density at radius 2 is 1.71 bits per heavy atom. The standard InChI is InChI=1S/C33H41F4N3O7S/c1-5-7-27(37)47-33(44)39-22(14-21-15-25(35)26(36)17-24(21)34)16-28(41)40-12-13-48-31(40)30(42)38-18-20-8-10-23(11-9-20)46-29(19(3)4)32(43)45-6-2/h8-11,15,17,19,22,27,29,31H,5-7,12-14,16,18H2,1-4H3,(H,38,42)(H,39,44). The number of ether oxygens (including phenoxy) is 3. The van der Waals surface area contributed by atoms with Gasteiger partial charge in [0.15, 0.2) is 23.1 Å². The molecule has 3 rings (SSSR count). The quantitative estimate of drug-likeness (QED) is 0.136. The lowest BCUT2D eigenvalue weighted by Crippen LogP contribution is -2.47. The SMILES string of the molecule is CCCC(F)OC(=O)NC(CC(=O)N1CCSC1C(=O)NCc1ccc(OC(C(=O)OCC)C(C)C)cc1)Cc1cc(F)c(F)cc1F. The summed E-state index contributed by atoms with van der Waals surface area (Å²) in [6, 6.07) is 6.54. The van der Waals surface area contributed by atoms with Gasteiger partial charge >= 0.3 is 12.1 Å². The normalized spacial score (nSPS) is 16.2. The number of alkyl carbamates (subject to hydrolysis) is 1. The highest BCUT2D eigenvalue weighted by atomic mass is 32.2. The van der Waals surface area contributed by atoms with E-state index in [2.05, 4.69) is 15.4 Å². The summed E-state index contributed by atoms with van der Waals surface area (Å²) in [7, 11) is 0. The maximum absolute atomic E-state index is 14.5. The van der Waals surface area contributed by atoms with Crippen molar-refractivity contribution in [1.29, 1.82) is 0 Å². The largest absolute Gasteiger partial charge is 0.478 e. The molecule has 4 atom stereocenters. The van der Waals surface area contributed by atoms with Gasteiger partial charge in [-0.25, -0.2) is 27.2 Å². The van der Waals surface area contributed by atoms with Crippen molar-refractivity contribution in [2.24, 2.45) is 5.92 Å². The summed E-state index contributed by atoms with van der Waals surface area (Å²) in [6.07, 6.45) is -4.49. The Hall–Kier alpha value is -4.01. The fourth-order valence-electron chi connectivity index (χ4n) is 4.82. The average Bonchev–Trinajstić information content (AvgIpc) is 3.52. The molecule has 0 bridgehead atoms. The van der Waals surface area contributed by atoms with Crippen molar-refractivity contribution in [3.05, 3.63) is 65.0 Å². The van der Waals surface area contributed by atoms with Crippen molar-refractivity contribution in [2.75, 3.05) is 18.9 Å². The lowest BCUT2D eigenvalue weighted by molar-refractivity contribution is -0.153. The van der Waals surface area contributed by atoms with Crippen molar-refractivity contribution in [2.45, 2.75) is 83.8 Å². The third-order valence-corrected chi connectivity index (χ3v) is 8.46. The monoisotopic (exact) mass is 699 g/mol. The molecule has 1 aliphatic rings. The van der Waals surface area contributed by atoms with Crippen molar-refractivity contribution in [1.82, 2.24) is 15.5 Å². The van der Waals surface area contributed by atoms with Crippen LogP contribution >= 0.6 is 11.8 Å². The summed E-state index contributed by atoms with van der Waals surface area (Å²) < 4.78 is 71.3. The number of nitrogens with one attached hydrogen (secondary N) is 2. The minimum absolute atomic E-state index is 0.0668. The number of carbonyl (C=O) groups is 4. The van der Waals surface area contributed by atoms with Crippen molar-refractivity contribution >= 4 is 35.6 Å². The van der Waals surface area contributed by atoms with Crippen LogP contribution in [0.3, 0.4) is 0 Å². The number of amides is 3. The highest BCUT2D eigenvalue weighted by Crippen LogP contribution is 2.26. The molecule has 2 aromatic rings. The van der Waals surface area contributed by atoms with E-state index >= 15 is 0 Å². The molecule has 0 aliphatic carbocycles. The molecule has 4 unspecified atom stereocenters. The van der Waals surface area contributed by atoms with Crippen LogP contribution in [0.1, 0.15) is 58.1 Å². The van der Waals surface area contributed by atoms with E-state index in [1.807, 2.05) is 13.8 Å². The van der Waals surface area contributed by atoms with Gasteiger partial charge in [0.05, 0.1) is 6.61 Å². The van der Waals surface area contributed by atoms with E-state index in [0.717, 1.165) is 5.56 Å². The van der Waals surface area contributed by atoms with Gasteiger partial charge < -0.3 is 29.7 Å². The number of halogens is 4. The molecule has 2 N–H and O–H groups in total. The topological polar surface area (TPSA) is 123 Å². The summed E-state index contributed by atoms with van der Waals surface area (Å²) in [5.74, 6) is -4.56. The average molecular weight is 700 g/mol. The van der Waals surface area contributed by atoms with Gasteiger partial charge in [-0.15, -0.1) is 11.8 Å². The molecular formula is C33H41F4N3O7S. The number of esters is 1. The fraction of sp³-hybridized carbons (Fsp3) is 0.515. The van der Waals surface area contributed by atoms with Crippen LogP contribution < -0.4 is 15.4 Å². The first-order chi connectivity index (χ1) is 22.8. The molecule has 1 aliphatic heterocycles. The molecule has 0 spiro atoms. The first-order valence-corrected chi connectivity index (χ1v) is 16.7. The van der Waals surface area contributed by atoms with E-state index in [4.69, 9.17) is 9.47 Å². The van der Waals surface area contributed by atoms with Gasteiger partial charge in [0.25, 0.3) is 5.91 Å². The number of hydrogen-bond acceptors (Lipinski definition) is 8.